The van der Waals surface area contributed by atoms with Crippen LogP contribution in [0.1, 0.15) is 24.8 Å². The summed E-state index contributed by atoms with van der Waals surface area (Å²) < 4.78 is 60.7. The average Bonchev–Trinajstić information content (AvgIpc) is 3.53. The summed E-state index contributed by atoms with van der Waals surface area (Å²) in [6.07, 6.45) is 4.99. The van der Waals surface area contributed by atoms with Gasteiger partial charge in [-0.25, -0.2) is 17.8 Å². The van der Waals surface area contributed by atoms with E-state index < -0.39 is 25.9 Å². The van der Waals surface area contributed by atoms with Gasteiger partial charge in [0.1, 0.15) is 16.5 Å². The maximum Gasteiger partial charge on any atom is 0.266 e. The smallest absolute Gasteiger partial charge is 0.266 e. The molecule has 2 aliphatic heterocycles. The highest BCUT2D eigenvalue weighted by atomic mass is 35.5. The van der Waals surface area contributed by atoms with Crippen molar-refractivity contribution in [1.82, 2.24) is 9.88 Å². The number of nitrogens with zero attached hydrogens (tertiary/aromatic N) is 2. The van der Waals surface area contributed by atoms with Crippen molar-refractivity contribution in [3.8, 4) is 5.75 Å². The van der Waals surface area contributed by atoms with Crippen molar-refractivity contribution in [2.45, 2.75) is 36.1 Å². The van der Waals surface area contributed by atoms with Crippen molar-refractivity contribution >= 4 is 43.8 Å². The second-order valence-electron chi connectivity index (χ2n) is 9.59. The summed E-state index contributed by atoms with van der Waals surface area (Å²) in [6, 6.07) is 10.3. The topological polar surface area (TPSA) is 83.6 Å². The number of benzene rings is 2. The highest BCUT2D eigenvalue weighted by Gasteiger charge is 2.48. The molecule has 2 unspecified atom stereocenters. The van der Waals surface area contributed by atoms with Crippen LogP contribution in [0, 0.1) is 16.9 Å². The molecule has 0 aliphatic carbocycles. The third-order valence-corrected chi connectivity index (χ3v) is 9.69. The Balaban J connectivity index is 1.27. The van der Waals surface area contributed by atoms with E-state index in [1.165, 1.54) is 5.56 Å². The molecule has 37 heavy (non-hydrogen) atoms. The number of aromatic nitrogens is 1. The number of halogens is 3. The highest BCUT2D eigenvalue weighted by molar-refractivity contribution is 7.93. The van der Waals surface area contributed by atoms with Gasteiger partial charge in [-0.3, -0.25) is 9.62 Å². The van der Waals surface area contributed by atoms with Gasteiger partial charge in [0.05, 0.1) is 24.0 Å². The maximum atomic E-state index is 14.9. The molecule has 1 aromatic heterocycles. The molecule has 3 heterocycles. The second-order valence-corrected chi connectivity index (χ2v) is 12.6. The normalized spacial score (nSPS) is 21.7. The number of sulfonamides is 1. The molecule has 2 N–H and O–H groups in total. The first-order chi connectivity index (χ1) is 17.7. The Hall–Kier alpha value is -2.47. The lowest BCUT2D eigenvalue weighted by atomic mass is 9.87. The van der Waals surface area contributed by atoms with Crippen LogP contribution in [0.3, 0.4) is 0 Å². The third-order valence-electron chi connectivity index (χ3n) is 7.19. The number of hydrogen-bond acceptors (Lipinski definition) is 7. The standard InChI is InChI=1S/C25H27ClF2N4O3S2/c1-35-18-5-3-16(4-6-18)9-17-12-25(7-2-8-32(25)14-17)15-30-21-11-20(27)22(10-19(21)26)37(33,34)31-24-29-13-23(28)36-24/h3-6,10-11,13,17,30H,2,7-9,12,14-15H2,1H3,(H,29,31). The predicted molar refractivity (Wildman–Crippen MR) is 141 cm³/mol. The van der Waals surface area contributed by atoms with Crippen molar-refractivity contribution in [2.24, 2.45) is 5.92 Å². The van der Waals surface area contributed by atoms with Gasteiger partial charge in [0.15, 0.2) is 10.3 Å². The van der Waals surface area contributed by atoms with E-state index in [4.69, 9.17) is 16.3 Å². The molecule has 0 bridgehead atoms. The minimum absolute atomic E-state index is 0.0574. The summed E-state index contributed by atoms with van der Waals surface area (Å²) in [4.78, 5) is 5.50. The minimum Gasteiger partial charge on any atom is -0.497 e. The zero-order chi connectivity index (χ0) is 26.2. The first kappa shape index (κ1) is 26.1. The van der Waals surface area contributed by atoms with Crippen molar-refractivity contribution in [3.05, 3.63) is 64.1 Å². The quantitative estimate of drug-likeness (QED) is 0.360. The lowest BCUT2D eigenvalue weighted by Crippen LogP contribution is -2.44. The molecule has 3 aromatic rings. The summed E-state index contributed by atoms with van der Waals surface area (Å²) in [5, 5.41) is 2.52. The van der Waals surface area contributed by atoms with Crippen LogP contribution in [-0.4, -0.2) is 50.6 Å². The number of fused-ring (bicyclic) bond motifs is 1. The lowest BCUT2D eigenvalue weighted by Gasteiger charge is -2.32. The second kappa shape index (κ2) is 10.4. The van der Waals surface area contributed by atoms with Crippen molar-refractivity contribution in [3.63, 3.8) is 0 Å². The molecular weight excluding hydrogens is 542 g/mol. The molecule has 2 aliphatic rings. The fourth-order valence-corrected chi connectivity index (χ4v) is 7.70. The molecule has 0 radical (unpaired) electrons. The minimum atomic E-state index is -4.33. The third kappa shape index (κ3) is 5.55. The zero-order valence-electron chi connectivity index (χ0n) is 20.1. The number of rotatable bonds is 9. The van der Waals surface area contributed by atoms with Gasteiger partial charge in [0.2, 0.25) is 0 Å². The van der Waals surface area contributed by atoms with Crippen LogP contribution in [0.5, 0.6) is 5.75 Å². The molecular formula is C25H27ClF2N4O3S2. The monoisotopic (exact) mass is 568 g/mol. The number of thiazole rings is 1. The van der Waals surface area contributed by atoms with Crippen LogP contribution in [-0.2, 0) is 16.4 Å². The van der Waals surface area contributed by atoms with E-state index in [0.717, 1.165) is 62.9 Å². The molecule has 2 aromatic carbocycles. The Morgan fingerprint density at radius 2 is 2.05 bits per heavy atom. The summed E-state index contributed by atoms with van der Waals surface area (Å²) in [7, 11) is -2.67. The lowest BCUT2D eigenvalue weighted by molar-refractivity contribution is 0.209. The molecule has 2 atom stereocenters. The van der Waals surface area contributed by atoms with Crippen LogP contribution in [0.2, 0.25) is 5.02 Å². The van der Waals surface area contributed by atoms with E-state index >= 15 is 0 Å². The van der Waals surface area contributed by atoms with Crippen molar-refractivity contribution in [1.29, 1.82) is 0 Å². The van der Waals surface area contributed by atoms with Gasteiger partial charge in [-0.05, 0) is 68.0 Å². The molecule has 0 amide bonds. The number of nitrogens with one attached hydrogen (secondary N) is 2. The van der Waals surface area contributed by atoms with E-state index in [1.54, 1.807) is 7.11 Å². The van der Waals surface area contributed by atoms with Crippen LogP contribution in [0.25, 0.3) is 0 Å². The van der Waals surface area contributed by atoms with Crippen molar-refractivity contribution in [2.75, 3.05) is 36.8 Å². The zero-order valence-corrected chi connectivity index (χ0v) is 22.5. The Bertz CT molecular complexity index is 1390. The predicted octanol–water partition coefficient (Wildman–Crippen LogP) is 5.39. The van der Waals surface area contributed by atoms with Crippen LogP contribution in [0.4, 0.5) is 19.6 Å². The molecule has 0 spiro atoms. The van der Waals surface area contributed by atoms with Crippen LogP contribution in [0.15, 0.2) is 47.5 Å². The fraction of sp³-hybridized carbons (Fsp3) is 0.400. The summed E-state index contributed by atoms with van der Waals surface area (Å²) in [6.45, 7) is 2.59. The van der Waals surface area contributed by atoms with Gasteiger partial charge >= 0.3 is 0 Å². The van der Waals surface area contributed by atoms with E-state index in [1.807, 2.05) is 12.1 Å². The summed E-state index contributed by atoms with van der Waals surface area (Å²) in [5.74, 6) is 0.380. The molecule has 12 heteroatoms. The highest BCUT2D eigenvalue weighted by Crippen LogP contribution is 2.43. The first-order valence-electron chi connectivity index (χ1n) is 11.9. The van der Waals surface area contributed by atoms with Crippen LogP contribution < -0.4 is 14.8 Å². The number of ether oxygens (including phenoxy) is 1. The molecule has 5 rings (SSSR count). The SMILES string of the molecule is COc1ccc(CC2CN3CCCC3(CNc3cc(F)c(S(=O)(=O)Nc4ncc(F)s4)cc3Cl)C2)cc1. The Morgan fingerprint density at radius 3 is 2.76 bits per heavy atom. The molecule has 7 nitrogen and oxygen atoms in total. The Morgan fingerprint density at radius 1 is 1.27 bits per heavy atom. The van der Waals surface area contributed by atoms with Gasteiger partial charge in [-0.1, -0.05) is 35.1 Å². The van der Waals surface area contributed by atoms with Gasteiger partial charge < -0.3 is 10.1 Å². The fourth-order valence-electron chi connectivity index (χ4n) is 5.53. The molecule has 2 fully saturated rings. The molecule has 198 valence electrons. The van der Waals surface area contributed by atoms with E-state index in [0.29, 0.717) is 29.5 Å². The Kier molecular flexibility index (Phi) is 7.32. The van der Waals surface area contributed by atoms with E-state index in [-0.39, 0.29) is 15.7 Å². The summed E-state index contributed by atoms with van der Waals surface area (Å²) in [5.41, 5.74) is 1.54. The van der Waals surface area contributed by atoms with Crippen LogP contribution >= 0.6 is 22.9 Å². The molecule has 0 saturated carbocycles. The van der Waals surface area contributed by atoms with E-state index in [2.05, 4.69) is 32.1 Å². The summed E-state index contributed by atoms with van der Waals surface area (Å²) >= 11 is 6.89. The molecule has 2 saturated heterocycles. The van der Waals surface area contributed by atoms with Gasteiger partial charge in [0.25, 0.3) is 10.0 Å². The van der Waals surface area contributed by atoms with Crippen molar-refractivity contribution < 1.29 is 21.9 Å². The number of anilines is 2. The largest absolute Gasteiger partial charge is 0.497 e. The van der Waals surface area contributed by atoms with E-state index in [9.17, 15) is 17.2 Å². The maximum absolute atomic E-state index is 14.9. The van der Waals surface area contributed by atoms with Gasteiger partial charge in [0, 0.05) is 18.6 Å². The van der Waals surface area contributed by atoms with Gasteiger partial charge in [-0.2, -0.15) is 4.39 Å². The number of hydrogen-bond donors (Lipinski definition) is 2. The average molecular weight is 569 g/mol. The number of methoxy groups -OCH3 is 1. The van der Waals surface area contributed by atoms with Gasteiger partial charge in [-0.15, -0.1) is 0 Å². The Labute approximate surface area is 223 Å². The first-order valence-corrected chi connectivity index (χ1v) is 14.6.